The van der Waals surface area contributed by atoms with E-state index in [1.165, 1.54) is 0 Å². The summed E-state index contributed by atoms with van der Waals surface area (Å²) in [6, 6.07) is 2.66. The lowest BCUT2D eigenvalue weighted by molar-refractivity contribution is -0.0463. The molecule has 4 heteroatoms. The molecule has 1 saturated carbocycles. The van der Waals surface area contributed by atoms with E-state index in [1.54, 1.807) is 0 Å². The van der Waals surface area contributed by atoms with Gasteiger partial charge in [-0.2, -0.15) is 5.10 Å². The van der Waals surface area contributed by atoms with E-state index in [0.29, 0.717) is 25.3 Å². The predicted octanol–water partition coefficient (Wildman–Crippen LogP) is 1.64. The van der Waals surface area contributed by atoms with Crippen LogP contribution in [0.5, 0.6) is 0 Å². The van der Waals surface area contributed by atoms with Crippen molar-refractivity contribution in [3.8, 4) is 0 Å². The maximum absolute atomic E-state index is 10.2. The molecule has 1 heterocycles. The van der Waals surface area contributed by atoms with Crippen molar-refractivity contribution < 1.29 is 5.11 Å². The van der Waals surface area contributed by atoms with Crippen LogP contribution in [0.2, 0.25) is 0 Å². The van der Waals surface area contributed by atoms with Crippen LogP contribution in [-0.4, -0.2) is 26.5 Å². The van der Waals surface area contributed by atoms with E-state index in [0.717, 1.165) is 18.5 Å². The van der Waals surface area contributed by atoms with E-state index >= 15 is 0 Å². The fourth-order valence-corrected chi connectivity index (χ4v) is 2.74. The molecule has 0 spiro atoms. The normalized spacial score (nSPS) is 28.4. The molecule has 3 N–H and O–H groups in total. The molecule has 1 aliphatic rings. The van der Waals surface area contributed by atoms with Gasteiger partial charge in [-0.25, -0.2) is 0 Å². The second kappa shape index (κ2) is 4.78. The lowest BCUT2D eigenvalue weighted by atomic mass is 9.73. The van der Waals surface area contributed by atoms with Crippen LogP contribution in [-0.2, 0) is 6.42 Å². The second-order valence-electron chi connectivity index (χ2n) is 5.33. The highest BCUT2D eigenvalue weighted by atomic mass is 16.3. The van der Waals surface area contributed by atoms with E-state index in [9.17, 15) is 5.11 Å². The summed E-state index contributed by atoms with van der Waals surface area (Å²) in [5.41, 5.74) is 6.09. The summed E-state index contributed by atoms with van der Waals surface area (Å²) < 4.78 is 2.03. The minimum absolute atomic E-state index is 0.168. The van der Waals surface area contributed by atoms with E-state index in [4.69, 9.17) is 5.73 Å². The van der Waals surface area contributed by atoms with Crippen LogP contribution in [0.4, 0.5) is 0 Å². The van der Waals surface area contributed by atoms with Gasteiger partial charge in [-0.1, -0.05) is 13.8 Å². The quantitative estimate of drug-likeness (QED) is 0.818. The highest BCUT2D eigenvalue weighted by Crippen LogP contribution is 2.33. The standard InChI is InChI=1S/C13H23N3O/c1-3-12(4-2)16-6-5-11(15-16)9-13(17)7-10(14)8-13/h5-6,10,12,17H,3-4,7-9,14H2,1-2H3. The number of aromatic nitrogens is 2. The molecule has 0 bridgehead atoms. The van der Waals surface area contributed by atoms with Gasteiger partial charge in [0.25, 0.3) is 0 Å². The monoisotopic (exact) mass is 237 g/mol. The first-order valence-corrected chi connectivity index (χ1v) is 6.58. The summed E-state index contributed by atoms with van der Waals surface area (Å²) in [6.07, 6.45) is 6.23. The number of hydrogen-bond donors (Lipinski definition) is 2. The van der Waals surface area contributed by atoms with Crippen molar-refractivity contribution in [1.29, 1.82) is 0 Å². The molecule has 0 amide bonds. The van der Waals surface area contributed by atoms with Crippen LogP contribution in [0.25, 0.3) is 0 Å². The Kier molecular flexibility index (Phi) is 3.54. The first kappa shape index (κ1) is 12.6. The highest BCUT2D eigenvalue weighted by molar-refractivity contribution is 5.09. The Balaban J connectivity index is 1.99. The SMILES string of the molecule is CCC(CC)n1ccc(CC2(O)CC(N)C2)n1. The van der Waals surface area contributed by atoms with Gasteiger partial charge in [0.2, 0.25) is 0 Å². The van der Waals surface area contributed by atoms with Crippen molar-refractivity contribution in [2.75, 3.05) is 0 Å². The molecule has 1 fully saturated rings. The van der Waals surface area contributed by atoms with Gasteiger partial charge in [-0.3, -0.25) is 4.68 Å². The van der Waals surface area contributed by atoms with Gasteiger partial charge in [-0.05, 0) is 31.7 Å². The third kappa shape index (κ3) is 2.69. The van der Waals surface area contributed by atoms with Crippen LogP contribution in [0, 0.1) is 0 Å². The molecule has 0 radical (unpaired) electrons. The Labute approximate surface area is 103 Å². The van der Waals surface area contributed by atoms with Crippen molar-refractivity contribution in [2.45, 2.75) is 63.6 Å². The fraction of sp³-hybridized carbons (Fsp3) is 0.769. The molecule has 1 aromatic heterocycles. The molecule has 17 heavy (non-hydrogen) atoms. The summed E-state index contributed by atoms with van der Waals surface area (Å²) in [6.45, 7) is 4.35. The van der Waals surface area contributed by atoms with Crippen LogP contribution >= 0.6 is 0 Å². The van der Waals surface area contributed by atoms with E-state index in [-0.39, 0.29) is 6.04 Å². The zero-order valence-corrected chi connectivity index (χ0v) is 10.8. The lowest BCUT2D eigenvalue weighted by Gasteiger charge is -2.41. The topological polar surface area (TPSA) is 64.1 Å². The van der Waals surface area contributed by atoms with Gasteiger partial charge in [-0.15, -0.1) is 0 Å². The van der Waals surface area contributed by atoms with Gasteiger partial charge >= 0.3 is 0 Å². The third-order valence-electron chi connectivity index (χ3n) is 3.77. The van der Waals surface area contributed by atoms with Crippen molar-refractivity contribution >= 4 is 0 Å². The average Bonchev–Trinajstić information content (AvgIpc) is 2.66. The largest absolute Gasteiger partial charge is 0.389 e. The number of rotatable bonds is 5. The number of hydrogen-bond acceptors (Lipinski definition) is 3. The Bertz CT molecular complexity index is 364. The second-order valence-corrected chi connectivity index (χ2v) is 5.33. The molecule has 1 aliphatic carbocycles. The summed E-state index contributed by atoms with van der Waals surface area (Å²) in [4.78, 5) is 0. The summed E-state index contributed by atoms with van der Waals surface area (Å²) in [5, 5.41) is 14.7. The Morgan fingerprint density at radius 3 is 2.71 bits per heavy atom. The maximum atomic E-state index is 10.2. The molecule has 0 aliphatic heterocycles. The van der Waals surface area contributed by atoms with Crippen molar-refractivity contribution in [2.24, 2.45) is 5.73 Å². The number of nitrogens with two attached hydrogens (primary N) is 1. The Morgan fingerprint density at radius 1 is 1.53 bits per heavy atom. The van der Waals surface area contributed by atoms with Gasteiger partial charge < -0.3 is 10.8 Å². The minimum Gasteiger partial charge on any atom is -0.389 e. The molecular formula is C13H23N3O. The molecule has 4 nitrogen and oxygen atoms in total. The number of nitrogens with zero attached hydrogens (tertiary/aromatic N) is 2. The van der Waals surface area contributed by atoms with Crippen molar-refractivity contribution in [3.63, 3.8) is 0 Å². The van der Waals surface area contributed by atoms with Gasteiger partial charge in [0, 0.05) is 18.7 Å². The molecule has 96 valence electrons. The third-order valence-corrected chi connectivity index (χ3v) is 3.77. The first-order chi connectivity index (χ1) is 8.06. The molecule has 0 atom stereocenters. The molecule has 0 unspecified atom stereocenters. The smallest absolute Gasteiger partial charge is 0.0733 e. The Hall–Kier alpha value is -0.870. The number of aliphatic hydroxyl groups is 1. The van der Waals surface area contributed by atoms with E-state index < -0.39 is 5.60 Å². The molecule has 2 rings (SSSR count). The Morgan fingerprint density at radius 2 is 2.18 bits per heavy atom. The molecule has 1 aromatic rings. The summed E-state index contributed by atoms with van der Waals surface area (Å²) in [5.74, 6) is 0. The minimum atomic E-state index is -0.605. The zero-order valence-electron chi connectivity index (χ0n) is 10.8. The average molecular weight is 237 g/mol. The van der Waals surface area contributed by atoms with Crippen LogP contribution in [0.15, 0.2) is 12.3 Å². The molecule has 0 saturated heterocycles. The predicted molar refractivity (Wildman–Crippen MR) is 67.7 cm³/mol. The van der Waals surface area contributed by atoms with Crippen LogP contribution in [0.1, 0.15) is 51.3 Å². The van der Waals surface area contributed by atoms with E-state index in [1.807, 2.05) is 16.9 Å². The van der Waals surface area contributed by atoms with Gasteiger partial charge in [0.1, 0.15) is 0 Å². The fourth-order valence-electron chi connectivity index (χ4n) is 2.74. The van der Waals surface area contributed by atoms with E-state index in [2.05, 4.69) is 18.9 Å². The first-order valence-electron chi connectivity index (χ1n) is 6.58. The summed E-state index contributed by atoms with van der Waals surface area (Å²) in [7, 11) is 0. The van der Waals surface area contributed by atoms with Gasteiger partial charge in [0.15, 0.2) is 0 Å². The summed E-state index contributed by atoms with van der Waals surface area (Å²) >= 11 is 0. The molecule has 0 aromatic carbocycles. The van der Waals surface area contributed by atoms with Crippen molar-refractivity contribution in [1.82, 2.24) is 9.78 Å². The molecular weight excluding hydrogens is 214 g/mol. The lowest BCUT2D eigenvalue weighted by Crippen LogP contribution is -2.52. The van der Waals surface area contributed by atoms with Crippen molar-refractivity contribution in [3.05, 3.63) is 18.0 Å². The highest BCUT2D eigenvalue weighted by Gasteiger charge is 2.41. The van der Waals surface area contributed by atoms with Crippen LogP contribution in [0.3, 0.4) is 0 Å². The zero-order chi connectivity index (χ0) is 12.5. The maximum Gasteiger partial charge on any atom is 0.0733 e. The van der Waals surface area contributed by atoms with Crippen LogP contribution < -0.4 is 5.73 Å². The van der Waals surface area contributed by atoms with Gasteiger partial charge in [0.05, 0.1) is 17.3 Å².